The zero-order chi connectivity index (χ0) is 15.6. The monoisotopic (exact) mass is 286 g/mol. The van der Waals surface area contributed by atoms with Gasteiger partial charge >= 0.3 is 0 Å². The highest BCUT2D eigenvalue weighted by Gasteiger charge is 2.55. The normalized spacial score (nSPS) is 36.5. The first-order chi connectivity index (χ1) is 9.65. The highest BCUT2D eigenvalue weighted by molar-refractivity contribution is 6.38. The number of ketones is 3. The van der Waals surface area contributed by atoms with Crippen LogP contribution in [0.5, 0.6) is 0 Å². The van der Waals surface area contributed by atoms with Crippen molar-refractivity contribution in [2.75, 3.05) is 0 Å². The smallest absolute Gasteiger partial charge is 0.179 e. The number of carbonyl (C=O) groups is 3. The average molecular weight is 286 g/mol. The molecule has 0 amide bonds. The van der Waals surface area contributed by atoms with Crippen molar-refractivity contribution < 1.29 is 14.4 Å². The van der Waals surface area contributed by atoms with Gasteiger partial charge in [0.2, 0.25) is 0 Å². The molecule has 3 heteroatoms. The van der Waals surface area contributed by atoms with Crippen LogP contribution in [0.25, 0.3) is 0 Å². The third kappa shape index (κ3) is 1.90. The van der Waals surface area contributed by atoms with E-state index in [-0.39, 0.29) is 28.8 Å². The first-order valence-electron chi connectivity index (χ1n) is 7.70. The van der Waals surface area contributed by atoms with Crippen LogP contribution < -0.4 is 0 Å². The Morgan fingerprint density at radius 3 is 1.95 bits per heavy atom. The van der Waals surface area contributed by atoms with Crippen LogP contribution in [0, 0.1) is 28.6 Å². The summed E-state index contributed by atoms with van der Waals surface area (Å²) in [5.74, 6) is 0.435. The Morgan fingerprint density at radius 2 is 1.52 bits per heavy atom. The molecular formula is C18H22O3. The number of carbonyl (C=O) groups excluding carboxylic acids is 3. The Kier molecular flexibility index (Phi) is 2.92. The fourth-order valence-corrected chi connectivity index (χ4v) is 4.14. The van der Waals surface area contributed by atoms with Crippen molar-refractivity contribution in [1.82, 2.24) is 0 Å². The van der Waals surface area contributed by atoms with Crippen LogP contribution in [-0.2, 0) is 14.4 Å². The molecule has 0 aliphatic heterocycles. The maximum Gasteiger partial charge on any atom is 0.179 e. The van der Waals surface area contributed by atoms with E-state index in [0.29, 0.717) is 11.8 Å². The van der Waals surface area contributed by atoms with Gasteiger partial charge in [-0.25, -0.2) is 0 Å². The van der Waals surface area contributed by atoms with E-state index in [1.165, 1.54) is 0 Å². The lowest BCUT2D eigenvalue weighted by Gasteiger charge is -2.38. The lowest BCUT2D eigenvalue weighted by molar-refractivity contribution is -0.151. The molecule has 2 bridgehead atoms. The van der Waals surface area contributed by atoms with Gasteiger partial charge in [0.1, 0.15) is 0 Å². The lowest BCUT2D eigenvalue weighted by atomic mass is 9.60. The minimum Gasteiger partial charge on any atom is -0.297 e. The Morgan fingerprint density at radius 1 is 0.952 bits per heavy atom. The molecule has 0 saturated heterocycles. The summed E-state index contributed by atoms with van der Waals surface area (Å²) in [4.78, 5) is 37.7. The molecule has 3 nitrogen and oxygen atoms in total. The van der Waals surface area contributed by atoms with Crippen molar-refractivity contribution in [3.63, 3.8) is 0 Å². The number of hydrogen-bond acceptors (Lipinski definition) is 3. The second-order valence-corrected chi connectivity index (χ2v) is 7.76. The molecule has 0 aromatic carbocycles. The molecule has 2 fully saturated rings. The summed E-state index contributed by atoms with van der Waals surface area (Å²) < 4.78 is 0. The fourth-order valence-electron chi connectivity index (χ4n) is 4.14. The predicted molar refractivity (Wildman–Crippen MR) is 79.5 cm³/mol. The summed E-state index contributed by atoms with van der Waals surface area (Å²) in [7, 11) is 0. The SMILES string of the molecule is CC1(C)C(=O)C(=C[C@@H]2C[C@@H]3C=C[C@H]2C3)C(=O)C(C)(C)C1=O. The minimum atomic E-state index is -1.10. The van der Waals surface area contributed by atoms with Crippen molar-refractivity contribution >= 4 is 17.3 Å². The Balaban J connectivity index is 2.01. The summed E-state index contributed by atoms with van der Waals surface area (Å²) in [5.41, 5.74) is -1.94. The molecule has 0 heterocycles. The van der Waals surface area contributed by atoms with Crippen LogP contribution in [0.4, 0.5) is 0 Å². The van der Waals surface area contributed by atoms with Gasteiger partial charge in [-0.3, -0.25) is 14.4 Å². The Bertz CT molecular complexity index is 572. The van der Waals surface area contributed by atoms with Crippen LogP contribution in [0.2, 0.25) is 0 Å². The van der Waals surface area contributed by atoms with Crippen LogP contribution in [0.3, 0.4) is 0 Å². The number of hydrogen-bond donors (Lipinski definition) is 0. The van der Waals surface area contributed by atoms with Gasteiger partial charge in [-0.1, -0.05) is 18.2 Å². The highest BCUT2D eigenvalue weighted by atomic mass is 16.2. The Hall–Kier alpha value is -1.51. The first-order valence-corrected chi connectivity index (χ1v) is 7.70. The van der Waals surface area contributed by atoms with Crippen LogP contribution in [0.1, 0.15) is 40.5 Å². The van der Waals surface area contributed by atoms with Crippen LogP contribution >= 0.6 is 0 Å². The molecule has 0 aromatic rings. The predicted octanol–water partition coefficient (Wildman–Crippen LogP) is 2.90. The number of Topliss-reactive ketones (excluding diaryl/α,β-unsaturated/α-hetero) is 3. The van der Waals surface area contributed by atoms with Gasteiger partial charge in [0.15, 0.2) is 17.3 Å². The van der Waals surface area contributed by atoms with Gasteiger partial charge in [0.25, 0.3) is 0 Å². The molecule has 3 aliphatic rings. The van der Waals surface area contributed by atoms with Crippen molar-refractivity contribution in [1.29, 1.82) is 0 Å². The van der Waals surface area contributed by atoms with E-state index < -0.39 is 10.8 Å². The third-order valence-corrected chi connectivity index (χ3v) is 5.47. The van der Waals surface area contributed by atoms with Crippen molar-refractivity contribution in [3.8, 4) is 0 Å². The Labute approximate surface area is 125 Å². The van der Waals surface area contributed by atoms with E-state index in [9.17, 15) is 14.4 Å². The summed E-state index contributed by atoms with van der Waals surface area (Å²) >= 11 is 0. The molecular weight excluding hydrogens is 264 g/mol. The largest absolute Gasteiger partial charge is 0.297 e. The molecule has 3 atom stereocenters. The van der Waals surface area contributed by atoms with Gasteiger partial charge in [-0.05, 0) is 58.3 Å². The van der Waals surface area contributed by atoms with E-state index in [2.05, 4.69) is 12.2 Å². The second kappa shape index (κ2) is 4.25. The zero-order valence-corrected chi connectivity index (χ0v) is 13.1. The van der Waals surface area contributed by atoms with Crippen molar-refractivity contribution in [2.24, 2.45) is 28.6 Å². The highest BCUT2D eigenvalue weighted by Crippen LogP contribution is 2.46. The first kappa shape index (κ1) is 14.4. The van der Waals surface area contributed by atoms with E-state index in [0.717, 1.165) is 12.8 Å². The standard InChI is InChI=1S/C18H22O3/c1-17(2)14(19)13(15(20)18(3,4)16(17)21)9-12-8-10-5-6-11(12)7-10/h5-6,9-12H,7-8H2,1-4H3/t10-,11+,12+/m1/s1. The number of allylic oxidation sites excluding steroid dienone is 4. The molecule has 112 valence electrons. The second-order valence-electron chi connectivity index (χ2n) is 7.76. The van der Waals surface area contributed by atoms with Crippen LogP contribution in [0.15, 0.2) is 23.8 Å². The summed E-state index contributed by atoms with van der Waals surface area (Å²) in [6.45, 7) is 6.56. The van der Waals surface area contributed by atoms with Crippen molar-refractivity contribution in [2.45, 2.75) is 40.5 Å². The molecule has 0 aromatic heterocycles. The molecule has 2 saturated carbocycles. The van der Waals surface area contributed by atoms with Gasteiger partial charge in [0.05, 0.1) is 16.4 Å². The zero-order valence-electron chi connectivity index (χ0n) is 13.1. The molecule has 3 aliphatic carbocycles. The summed E-state index contributed by atoms with van der Waals surface area (Å²) in [6, 6.07) is 0. The molecule has 0 N–H and O–H groups in total. The van der Waals surface area contributed by atoms with Crippen LogP contribution in [-0.4, -0.2) is 17.3 Å². The molecule has 3 rings (SSSR count). The molecule has 0 spiro atoms. The lowest BCUT2D eigenvalue weighted by Crippen LogP contribution is -2.53. The van der Waals surface area contributed by atoms with E-state index in [4.69, 9.17) is 0 Å². The van der Waals surface area contributed by atoms with E-state index in [1.54, 1.807) is 27.7 Å². The topological polar surface area (TPSA) is 51.2 Å². The van der Waals surface area contributed by atoms with E-state index in [1.807, 2.05) is 6.08 Å². The quantitative estimate of drug-likeness (QED) is 0.322. The van der Waals surface area contributed by atoms with Crippen molar-refractivity contribution in [3.05, 3.63) is 23.8 Å². The van der Waals surface area contributed by atoms with E-state index >= 15 is 0 Å². The minimum absolute atomic E-state index is 0.260. The average Bonchev–Trinajstić information content (AvgIpc) is 3.03. The maximum absolute atomic E-state index is 12.6. The maximum atomic E-state index is 12.6. The third-order valence-electron chi connectivity index (χ3n) is 5.47. The fraction of sp³-hybridized carbons (Fsp3) is 0.611. The number of rotatable bonds is 1. The molecule has 0 radical (unpaired) electrons. The van der Waals surface area contributed by atoms with Gasteiger partial charge < -0.3 is 0 Å². The molecule has 0 unspecified atom stereocenters. The summed E-state index contributed by atoms with van der Waals surface area (Å²) in [6.07, 6.45) is 8.45. The van der Waals surface area contributed by atoms with Gasteiger partial charge in [-0.2, -0.15) is 0 Å². The number of fused-ring (bicyclic) bond motifs is 2. The van der Waals surface area contributed by atoms with Gasteiger partial charge in [0, 0.05) is 0 Å². The summed E-state index contributed by atoms with van der Waals surface area (Å²) in [5, 5.41) is 0. The van der Waals surface area contributed by atoms with Gasteiger partial charge in [-0.15, -0.1) is 0 Å². The molecule has 21 heavy (non-hydrogen) atoms.